The average Bonchev–Trinajstić information content (AvgIpc) is 2.38. The van der Waals surface area contributed by atoms with Crippen molar-refractivity contribution in [1.82, 2.24) is 10.1 Å². The molecule has 2 rings (SSSR count). The molecule has 17 heavy (non-hydrogen) atoms. The quantitative estimate of drug-likeness (QED) is 0.612. The highest BCUT2D eigenvalue weighted by Gasteiger charge is 2.39. The van der Waals surface area contributed by atoms with Gasteiger partial charge in [0.1, 0.15) is 26.4 Å². The number of likely N-dealkylation sites (N-methyl/N-ethyl adjacent to an activating group) is 1. The Hall–Kier alpha value is -0.730. The van der Waals surface area contributed by atoms with Crippen molar-refractivity contribution < 1.29 is 18.9 Å². The van der Waals surface area contributed by atoms with E-state index in [1.165, 1.54) is 0 Å². The Bertz CT molecular complexity index is 291. The maximum Gasteiger partial charge on any atom is 0.327 e. The number of hydrogen-bond acceptors (Lipinski definition) is 6. The molecule has 0 N–H and O–H groups in total. The fourth-order valence-electron chi connectivity index (χ4n) is 2.11. The Labute approximate surface area is 102 Å². The number of guanidine groups is 1. The van der Waals surface area contributed by atoms with E-state index in [0.29, 0.717) is 13.3 Å². The van der Waals surface area contributed by atoms with Gasteiger partial charge in [0.25, 0.3) is 0 Å². The summed E-state index contributed by atoms with van der Waals surface area (Å²) in [6.07, 6.45) is 0. The molecule has 7 heteroatoms. The van der Waals surface area contributed by atoms with E-state index < -0.39 is 0 Å². The summed E-state index contributed by atoms with van der Waals surface area (Å²) in [5, 5.41) is 3.51. The highest BCUT2D eigenvalue weighted by Crippen LogP contribution is 2.16. The Morgan fingerprint density at radius 3 is 2.53 bits per heavy atom. The third-order valence-corrected chi connectivity index (χ3v) is 3.30. The van der Waals surface area contributed by atoms with Gasteiger partial charge in [0.05, 0.1) is 34.5 Å². The molecule has 0 atom stereocenters. The van der Waals surface area contributed by atoms with Gasteiger partial charge in [-0.2, -0.15) is 10.1 Å². The third kappa shape index (κ3) is 2.58. The standard InChI is InChI=1S/C10H21N4O3/c1-14(4-6-17-7-5-14)10-11-8-12(15-2)9-13(10)16-3/h4-9H2,1-3H3/q+1. The molecular weight excluding hydrogens is 224 g/mol. The van der Waals surface area contributed by atoms with E-state index in [2.05, 4.69) is 12.0 Å². The molecule has 7 nitrogen and oxygen atoms in total. The Morgan fingerprint density at radius 2 is 1.94 bits per heavy atom. The lowest BCUT2D eigenvalue weighted by Gasteiger charge is -2.42. The van der Waals surface area contributed by atoms with Gasteiger partial charge in [-0.15, -0.1) is 5.06 Å². The number of morpholine rings is 1. The van der Waals surface area contributed by atoms with Crippen molar-refractivity contribution in [3.63, 3.8) is 0 Å². The zero-order valence-electron chi connectivity index (χ0n) is 10.8. The first kappa shape index (κ1) is 12.7. The molecule has 98 valence electrons. The molecule has 0 aromatic rings. The molecule has 1 saturated heterocycles. The van der Waals surface area contributed by atoms with E-state index >= 15 is 0 Å². The molecule has 2 heterocycles. The van der Waals surface area contributed by atoms with Gasteiger partial charge in [-0.3, -0.25) is 14.2 Å². The van der Waals surface area contributed by atoms with E-state index in [9.17, 15) is 0 Å². The van der Waals surface area contributed by atoms with Gasteiger partial charge in [-0.05, 0) is 0 Å². The van der Waals surface area contributed by atoms with Crippen LogP contribution in [-0.2, 0) is 14.4 Å². The smallest absolute Gasteiger partial charge is 0.327 e. The van der Waals surface area contributed by atoms with Crippen LogP contribution in [0.25, 0.3) is 0 Å². The van der Waals surface area contributed by atoms with Crippen LogP contribution < -0.4 is 0 Å². The molecule has 2 aliphatic rings. The molecule has 1 fully saturated rings. The van der Waals surface area contributed by atoms with Crippen LogP contribution in [0, 0.1) is 0 Å². The molecule has 0 amide bonds. The lowest BCUT2D eigenvalue weighted by molar-refractivity contribution is -0.839. The van der Waals surface area contributed by atoms with Gasteiger partial charge in [0, 0.05) is 0 Å². The van der Waals surface area contributed by atoms with Crippen LogP contribution in [0.5, 0.6) is 0 Å². The van der Waals surface area contributed by atoms with Crippen molar-refractivity contribution in [2.45, 2.75) is 0 Å². The van der Waals surface area contributed by atoms with E-state index in [1.54, 1.807) is 24.3 Å². The Balaban J connectivity index is 2.14. The molecule has 0 unspecified atom stereocenters. The molecule has 0 aliphatic carbocycles. The van der Waals surface area contributed by atoms with Crippen LogP contribution in [0.3, 0.4) is 0 Å². The number of nitrogens with zero attached hydrogens (tertiary/aromatic N) is 4. The molecule has 0 spiro atoms. The summed E-state index contributed by atoms with van der Waals surface area (Å²) < 4.78 is 6.16. The molecule has 0 bridgehead atoms. The number of aliphatic imine (C=N–C) groups is 1. The minimum absolute atomic E-state index is 0.542. The zero-order valence-corrected chi connectivity index (χ0v) is 10.8. The van der Waals surface area contributed by atoms with Gasteiger partial charge in [-0.25, -0.2) is 0 Å². The highest BCUT2D eigenvalue weighted by atomic mass is 16.7. The summed E-state index contributed by atoms with van der Waals surface area (Å²) in [5.41, 5.74) is 0. The van der Waals surface area contributed by atoms with Gasteiger partial charge in [0.2, 0.25) is 0 Å². The minimum atomic E-state index is 0.542. The van der Waals surface area contributed by atoms with Gasteiger partial charge < -0.3 is 4.74 Å². The fraction of sp³-hybridized carbons (Fsp3) is 0.900. The summed E-state index contributed by atoms with van der Waals surface area (Å²) in [4.78, 5) is 15.1. The SMILES string of the molecule is CON1CN=C([N+]2(C)CCOCC2)N(OC)C1. The van der Waals surface area contributed by atoms with Crippen molar-refractivity contribution in [3.8, 4) is 0 Å². The Morgan fingerprint density at radius 1 is 1.24 bits per heavy atom. The summed E-state index contributed by atoms with van der Waals surface area (Å²) in [5.74, 6) is 0.948. The summed E-state index contributed by atoms with van der Waals surface area (Å²) in [6.45, 7) is 4.49. The second kappa shape index (κ2) is 5.28. The first-order chi connectivity index (χ1) is 8.19. The fourth-order valence-corrected chi connectivity index (χ4v) is 2.11. The topological polar surface area (TPSA) is 46.5 Å². The highest BCUT2D eigenvalue weighted by molar-refractivity contribution is 5.72. The summed E-state index contributed by atoms with van der Waals surface area (Å²) in [6, 6.07) is 0. The van der Waals surface area contributed by atoms with Crippen molar-refractivity contribution in [2.75, 3.05) is 60.9 Å². The minimum Gasteiger partial charge on any atom is -0.370 e. The van der Waals surface area contributed by atoms with Gasteiger partial charge in [0.15, 0.2) is 0 Å². The third-order valence-electron chi connectivity index (χ3n) is 3.30. The van der Waals surface area contributed by atoms with Crippen molar-refractivity contribution in [1.29, 1.82) is 0 Å². The molecular formula is C10H21N4O3+. The van der Waals surface area contributed by atoms with Crippen LogP contribution in [0.4, 0.5) is 0 Å². The lowest BCUT2D eigenvalue weighted by atomic mass is 10.3. The van der Waals surface area contributed by atoms with Crippen molar-refractivity contribution >= 4 is 5.96 Å². The van der Waals surface area contributed by atoms with E-state index in [0.717, 1.165) is 36.7 Å². The molecule has 2 aliphatic heterocycles. The van der Waals surface area contributed by atoms with E-state index in [4.69, 9.17) is 14.4 Å². The van der Waals surface area contributed by atoms with Crippen molar-refractivity contribution in [2.24, 2.45) is 4.99 Å². The maximum atomic E-state index is 5.40. The average molecular weight is 245 g/mol. The molecule has 0 aromatic carbocycles. The predicted octanol–water partition coefficient (Wildman–Crippen LogP) is -0.525. The first-order valence-electron chi connectivity index (χ1n) is 5.77. The number of rotatable bonds is 2. The van der Waals surface area contributed by atoms with Crippen LogP contribution in [0.2, 0.25) is 0 Å². The number of quaternary nitrogens is 1. The first-order valence-corrected chi connectivity index (χ1v) is 5.77. The molecule has 0 saturated carbocycles. The monoisotopic (exact) mass is 245 g/mol. The largest absolute Gasteiger partial charge is 0.370 e. The number of hydroxylamine groups is 4. The maximum absolute atomic E-state index is 5.40. The van der Waals surface area contributed by atoms with Crippen LogP contribution >= 0.6 is 0 Å². The molecule has 0 radical (unpaired) electrons. The Kier molecular flexibility index (Phi) is 3.95. The summed E-state index contributed by atoms with van der Waals surface area (Å²) >= 11 is 0. The molecule has 0 aromatic heterocycles. The van der Waals surface area contributed by atoms with Gasteiger partial charge in [-0.1, -0.05) is 0 Å². The normalized spacial score (nSPS) is 25.8. The predicted molar refractivity (Wildman–Crippen MR) is 61.6 cm³/mol. The second-order valence-corrected chi connectivity index (χ2v) is 4.42. The number of ether oxygens (including phenoxy) is 1. The number of hydrogen-bond donors (Lipinski definition) is 0. The van der Waals surface area contributed by atoms with Crippen LogP contribution in [-0.4, -0.2) is 81.5 Å². The zero-order chi connectivity index (χ0) is 12.3. The second-order valence-electron chi connectivity index (χ2n) is 4.42. The lowest BCUT2D eigenvalue weighted by Crippen LogP contribution is -2.63. The van der Waals surface area contributed by atoms with Crippen molar-refractivity contribution in [3.05, 3.63) is 0 Å². The summed E-state index contributed by atoms with van der Waals surface area (Å²) in [7, 11) is 5.45. The van der Waals surface area contributed by atoms with Crippen LogP contribution in [0.1, 0.15) is 0 Å². The van der Waals surface area contributed by atoms with E-state index in [1.807, 2.05) is 0 Å². The van der Waals surface area contributed by atoms with Crippen LogP contribution in [0.15, 0.2) is 4.99 Å². The van der Waals surface area contributed by atoms with Gasteiger partial charge >= 0.3 is 5.96 Å². The van der Waals surface area contributed by atoms with E-state index in [-0.39, 0.29) is 0 Å².